The molecule has 0 saturated carbocycles. The Hall–Kier alpha value is -3.66. The van der Waals surface area contributed by atoms with Gasteiger partial charge in [-0.3, -0.25) is 14.5 Å². The minimum absolute atomic E-state index is 0.0374. The second-order valence-electron chi connectivity index (χ2n) is 6.53. The Balaban J connectivity index is 2.11. The second kappa shape index (κ2) is 8.15. The van der Waals surface area contributed by atoms with Gasteiger partial charge in [-0.15, -0.1) is 0 Å². The van der Waals surface area contributed by atoms with Crippen LogP contribution >= 0.6 is 0 Å². The second-order valence-corrected chi connectivity index (χ2v) is 6.53. The molecule has 2 aromatic carbocycles. The first-order valence-electron chi connectivity index (χ1n) is 9.14. The van der Waals surface area contributed by atoms with E-state index in [2.05, 4.69) is 0 Å². The van der Waals surface area contributed by atoms with Crippen molar-refractivity contribution in [1.29, 1.82) is 5.26 Å². The third-order valence-corrected chi connectivity index (χ3v) is 5.00. The molecule has 0 N–H and O–H groups in total. The van der Waals surface area contributed by atoms with Gasteiger partial charge in [-0.2, -0.15) is 5.26 Å². The zero-order chi connectivity index (χ0) is 21.0. The minimum atomic E-state index is -1.95. The monoisotopic (exact) mass is 392 g/mol. The van der Waals surface area contributed by atoms with E-state index < -0.39 is 29.1 Å². The molecule has 1 heterocycles. The van der Waals surface area contributed by atoms with Crippen LogP contribution in [0.15, 0.2) is 54.6 Å². The fourth-order valence-electron chi connectivity index (χ4n) is 3.57. The summed E-state index contributed by atoms with van der Waals surface area (Å²) in [5, 5.41) is 10.1. The molecule has 2 atom stereocenters. The summed E-state index contributed by atoms with van der Waals surface area (Å²) in [6.07, 6.45) is -0.272. The third-order valence-electron chi connectivity index (χ3n) is 5.00. The molecule has 3 rings (SSSR count). The van der Waals surface area contributed by atoms with E-state index in [0.29, 0.717) is 11.4 Å². The highest BCUT2D eigenvalue weighted by molar-refractivity contribution is 6.22. The zero-order valence-corrected chi connectivity index (χ0v) is 16.1. The maximum Gasteiger partial charge on any atom is 0.331 e. The smallest absolute Gasteiger partial charge is 0.331 e. The molecule has 1 saturated heterocycles. The lowest BCUT2D eigenvalue weighted by molar-refractivity contribution is -0.151. The van der Waals surface area contributed by atoms with E-state index in [-0.39, 0.29) is 18.6 Å². The SMILES string of the molecule is CCOC(=O)[C@@](C#N)(c1ccc(OC)cc1)[C@@H]1CC(=O)N(c2ccccc2)C1=O. The summed E-state index contributed by atoms with van der Waals surface area (Å²) < 4.78 is 10.3. The van der Waals surface area contributed by atoms with Crippen molar-refractivity contribution in [2.75, 3.05) is 18.6 Å². The standard InChI is InChI=1S/C22H20N2O5/c1-3-29-21(27)22(14-23,15-9-11-17(28-2)12-10-15)18-13-19(25)24(20(18)26)16-7-5-4-6-8-16/h4-12,18H,3,13H2,1-2H3/t18-,22+/m1/s1. The molecule has 2 amide bonds. The Kier molecular flexibility index (Phi) is 5.64. The first-order valence-corrected chi connectivity index (χ1v) is 9.14. The lowest BCUT2D eigenvalue weighted by atomic mass is 9.70. The van der Waals surface area contributed by atoms with Crippen molar-refractivity contribution < 1.29 is 23.9 Å². The van der Waals surface area contributed by atoms with Crippen LogP contribution in [0.1, 0.15) is 18.9 Å². The maximum absolute atomic E-state index is 13.2. The molecule has 29 heavy (non-hydrogen) atoms. The topological polar surface area (TPSA) is 96.7 Å². The number of esters is 1. The summed E-state index contributed by atoms with van der Waals surface area (Å²) in [6, 6.07) is 16.7. The normalized spacial score (nSPS) is 18.1. The Morgan fingerprint density at radius 1 is 1.17 bits per heavy atom. The van der Waals surface area contributed by atoms with Gasteiger partial charge in [0.2, 0.25) is 11.8 Å². The molecular formula is C22H20N2O5. The van der Waals surface area contributed by atoms with Gasteiger partial charge in [0.15, 0.2) is 5.41 Å². The third kappa shape index (κ3) is 3.34. The van der Waals surface area contributed by atoms with Crippen LogP contribution in [0.2, 0.25) is 0 Å². The lowest BCUT2D eigenvalue weighted by Gasteiger charge is -2.29. The van der Waals surface area contributed by atoms with Crippen LogP contribution < -0.4 is 9.64 Å². The van der Waals surface area contributed by atoms with E-state index in [1.165, 1.54) is 7.11 Å². The van der Waals surface area contributed by atoms with Gasteiger partial charge in [0.05, 0.1) is 31.4 Å². The maximum atomic E-state index is 13.2. The molecule has 2 aromatic rings. The zero-order valence-electron chi connectivity index (χ0n) is 16.1. The van der Waals surface area contributed by atoms with E-state index in [0.717, 1.165) is 4.90 Å². The lowest BCUT2D eigenvalue weighted by Crippen LogP contribution is -2.47. The molecule has 0 unspecified atom stereocenters. The molecule has 7 heteroatoms. The summed E-state index contributed by atoms with van der Waals surface area (Å²) in [7, 11) is 1.49. The number of methoxy groups -OCH3 is 1. The summed E-state index contributed by atoms with van der Waals surface area (Å²) in [5.74, 6) is -2.60. The van der Waals surface area contributed by atoms with Gasteiger partial charge in [-0.05, 0) is 36.8 Å². The molecule has 1 fully saturated rings. The highest BCUT2D eigenvalue weighted by Crippen LogP contribution is 2.42. The number of ether oxygens (including phenoxy) is 2. The van der Waals surface area contributed by atoms with Crippen molar-refractivity contribution in [3.63, 3.8) is 0 Å². The van der Waals surface area contributed by atoms with Crippen molar-refractivity contribution >= 4 is 23.5 Å². The quantitative estimate of drug-likeness (QED) is 0.554. The van der Waals surface area contributed by atoms with Crippen LogP contribution in [0.3, 0.4) is 0 Å². The van der Waals surface area contributed by atoms with Crippen LogP contribution in [-0.2, 0) is 24.5 Å². The van der Waals surface area contributed by atoms with Crippen molar-refractivity contribution in [1.82, 2.24) is 0 Å². The number of carbonyl (C=O) groups is 3. The van der Waals surface area contributed by atoms with Gasteiger partial charge in [-0.25, -0.2) is 4.79 Å². The highest BCUT2D eigenvalue weighted by Gasteiger charge is 2.58. The largest absolute Gasteiger partial charge is 0.497 e. The van der Waals surface area contributed by atoms with Crippen LogP contribution in [0, 0.1) is 17.2 Å². The van der Waals surface area contributed by atoms with Crippen molar-refractivity contribution in [3.8, 4) is 11.8 Å². The van der Waals surface area contributed by atoms with Crippen LogP contribution in [0.4, 0.5) is 5.69 Å². The molecule has 7 nitrogen and oxygen atoms in total. The van der Waals surface area contributed by atoms with Gasteiger partial charge in [0.1, 0.15) is 5.75 Å². The Morgan fingerprint density at radius 2 is 1.83 bits per heavy atom. The minimum Gasteiger partial charge on any atom is -0.497 e. The number of rotatable bonds is 6. The fraction of sp³-hybridized carbons (Fsp3) is 0.273. The summed E-state index contributed by atoms with van der Waals surface area (Å²) in [6.45, 7) is 1.65. The van der Waals surface area contributed by atoms with Crippen molar-refractivity contribution in [2.45, 2.75) is 18.8 Å². The number of anilines is 1. The summed E-state index contributed by atoms with van der Waals surface area (Å²) >= 11 is 0. The van der Waals surface area contributed by atoms with E-state index in [4.69, 9.17) is 9.47 Å². The first kappa shape index (κ1) is 20.1. The van der Waals surface area contributed by atoms with Crippen molar-refractivity contribution in [2.24, 2.45) is 5.92 Å². The predicted molar refractivity (Wildman–Crippen MR) is 104 cm³/mol. The number of nitrogens with zero attached hydrogens (tertiary/aromatic N) is 2. The first-order chi connectivity index (χ1) is 14.0. The number of benzene rings is 2. The van der Waals surface area contributed by atoms with Crippen LogP contribution in [-0.4, -0.2) is 31.5 Å². The number of imide groups is 1. The molecular weight excluding hydrogens is 372 g/mol. The molecule has 1 aliphatic rings. The fourth-order valence-corrected chi connectivity index (χ4v) is 3.57. The molecule has 0 bridgehead atoms. The number of carbonyl (C=O) groups excluding carboxylic acids is 3. The van der Waals surface area contributed by atoms with Gasteiger partial charge in [0.25, 0.3) is 0 Å². The van der Waals surface area contributed by atoms with Gasteiger partial charge < -0.3 is 9.47 Å². The van der Waals surface area contributed by atoms with E-state index in [1.54, 1.807) is 61.5 Å². The average molecular weight is 392 g/mol. The molecule has 0 aromatic heterocycles. The van der Waals surface area contributed by atoms with Crippen LogP contribution in [0.25, 0.3) is 0 Å². The Bertz CT molecular complexity index is 965. The highest BCUT2D eigenvalue weighted by atomic mass is 16.5. The molecule has 0 spiro atoms. The molecule has 0 aliphatic carbocycles. The summed E-state index contributed by atoms with van der Waals surface area (Å²) in [4.78, 5) is 39.9. The molecule has 1 aliphatic heterocycles. The van der Waals surface area contributed by atoms with Gasteiger partial charge in [-0.1, -0.05) is 30.3 Å². The molecule has 148 valence electrons. The molecule has 0 radical (unpaired) electrons. The summed E-state index contributed by atoms with van der Waals surface area (Å²) in [5.41, 5.74) is -1.27. The Labute approximate surface area is 168 Å². The predicted octanol–water partition coefficient (Wildman–Crippen LogP) is 2.60. The van der Waals surface area contributed by atoms with Crippen molar-refractivity contribution in [3.05, 3.63) is 60.2 Å². The van der Waals surface area contributed by atoms with Gasteiger partial charge >= 0.3 is 5.97 Å². The van der Waals surface area contributed by atoms with Crippen LogP contribution in [0.5, 0.6) is 5.75 Å². The average Bonchev–Trinajstić information content (AvgIpc) is 3.04. The van der Waals surface area contributed by atoms with E-state index in [1.807, 2.05) is 6.07 Å². The van der Waals surface area contributed by atoms with E-state index >= 15 is 0 Å². The number of para-hydroxylation sites is 1. The van der Waals surface area contributed by atoms with E-state index in [9.17, 15) is 19.6 Å². The number of amides is 2. The number of hydrogen-bond donors (Lipinski definition) is 0. The number of hydrogen-bond acceptors (Lipinski definition) is 6. The van der Waals surface area contributed by atoms with Gasteiger partial charge in [0, 0.05) is 6.42 Å². The Morgan fingerprint density at radius 3 is 2.38 bits per heavy atom. The number of nitriles is 1.